The van der Waals surface area contributed by atoms with E-state index in [-0.39, 0.29) is 0 Å². The van der Waals surface area contributed by atoms with E-state index in [2.05, 4.69) is 0 Å². The molecule has 2 rings (SSSR count). The first kappa shape index (κ1) is 14.3. The zero-order valence-corrected chi connectivity index (χ0v) is 10.9. The second-order valence-corrected chi connectivity index (χ2v) is 4.38. The van der Waals surface area contributed by atoms with Gasteiger partial charge < -0.3 is 10.0 Å². The lowest BCUT2D eigenvalue weighted by atomic mass is 9.78. The summed E-state index contributed by atoms with van der Waals surface area (Å²) in [6, 6.07) is 7.69. The fourth-order valence-corrected chi connectivity index (χ4v) is 2.38. The SMILES string of the molecule is CC.OB(O)c1ccc(C2CCCCC2)cc1. The highest BCUT2D eigenvalue weighted by Crippen LogP contribution is 2.31. The maximum atomic E-state index is 8.98. The Morgan fingerprint density at radius 3 is 1.94 bits per heavy atom. The highest BCUT2D eigenvalue weighted by Gasteiger charge is 2.16. The lowest BCUT2D eigenvalue weighted by molar-refractivity contribution is 0.425. The minimum absolute atomic E-state index is 0.578. The van der Waals surface area contributed by atoms with E-state index < -0.39 is 7.12 Å². The molecule has 0 radical (unpaired) electrons. The Labute approximate surface area is 105 Å². The zero-order chi connectivity index (χ0) is 12.7. The molecule has 0 bridgehead atoms. The molecule has 1 fully saturated rings. The van der Waals surface area contributed by atoms with Crippen LogP contribution in [0.5, 0.6) is 0 Å². The van der Waals surface area contributed by atoms with Crippen molar-refractivity contribution in [2.45, 2.75) is 51.9 Å². The van der Waals surface area contributed by atoms with Crippen LogP contribution in [0.4, 0.5) is 0 Å². The fraction of sp³-hybridized carbons (Fsp3) is 0.571. The van der Waals surface area contributed by atoms with Gasteiger partial charge in [0.2, 0.25) is 0 Å². The van der Waals surface area contributed by atoms with Gasteiger partial charge in [-0.1, -0.05) is 57.4 Å². The van der Waals surface area contributed by atoms with Gasteiger partial charge in [0.25, 0.3) is 0 Å². The van der Waals surface area contributed by atoms with Crippen LogP contribution in [0.3, 0.4) is 0 Å². The predicted octanol–water partition coefficient (Wildman–Crippen LogP) is 2.44. The van der Waals surface area contributed by atoms with Crippen LogP contribution in [0, 0.1) is 0 Å². The molecule has 0 atom stereocenters. The molecule has 3 heteroatoms. The van der Waals surface area contributed by atoms with Crippen LogP contribution in [0.25, 0.3) is 0 Å². The van der Waals surface area contributed by atoms with E-state index in [1.807, 2.05) is 38.1 Å². The molecule has 0 saturated heterocycles. The summed E-state index contributed by atoms with van der Waals surface area (Å²) in [5.41, 5.74) is 1.92. The first-order valence-electron chi connectivity index (χ1n) is 6.73. The maximum absolute atomic E-state index is 8.98. The number of rotatable bonds is 2. The Balaban J connectivity index is 0.000000686. The molecule has 17 heavy (non-hydrogen) atoms. The smallest absolute Gasteiger partial charge is 0.423 e. The van der Waals surface area contributed by atoms with Crippen molar-refractivity contribution < 1.29 is 10.0 Å². The number of hydrogen-bond acceptors (Lipinski definition) is 2. The summed E-state index contributed by atoms with van der Waals surface area (Å²) in [6.07, 6.45) is 6.58. The summed E-state index contributed by atoms with van der Waals surface area (Å²) < 4.78 is 0. The Kier molecular flexibility index (Phi) is 6.31. The number of benzene rings is 1. The van der Waals surface area contributed by atoms with E-state index in [4.69, 9.17) is 10.0 Å². The van der Waals surface area contributed by atoms with Gasteiger partial charge in [0.1, 0.15) is 0 Å². The summed E-state index contributed by atoms with van der Waals surface area (Å²) in [4.78, 5) is 0. The predicted molar refractivity (Wildman–Crippen MR) is 73.4 cm³/mol. The quantitative estimate of drug-likeness (QED) is 0.771. The van der Waals surface area contributed by atoms with Gasteiger partial charge in [0, 0.05) is 0 Å². The van der Waals surface area contributed by atoms with Crippen molar-refractivity contribution in [3.8, 4) is 0 Å². The monoisotopic (exact) mass is 234 g/mol. The first-order chi connectivity index (χ1) is 8.27. The van der Waals surface area contributed by atoms with Gasteiger partial charge in [0.05, 0.1) is 0 Å². The summed E-state index contributed by atoms with van der Waals surface area (Å²) in [5.74, 6) is 0.684. The molecule has 94 valence electrons. The van der Waals surface area contributed by atoms with Crippen molar-refractivity contribution in [1.82, 2.24) is 0 Å². The Morgan fingerprint density at radius 1 is 0.941 bits per heavy atom. The molecule has 2 N–H and O–H groups in total. The summed E-state index contributed by atoms with van der Waals surface area (Å²) in [5, 5.41) is 18.0. The molecule has 1 aromatic rings. The number of hydrogen-bond donors (Lipinski definition) is 2. The lowest BCUT2D eigenvalue weighted by Crippen LogP contribution is -2.29. The molecule has 0 spiro atoms. The van der Waals surface area contributed by atoms with Crippen LogP contribution in [-0.2, 0) is 0 Å². The van der Waals surface area contributed by atoms with E-state index in [9.17, 15) is 0 Å². The molecule has 0 unspecified atom stereocenters. The van der Waals surface area contributed by atoms with Crippen LogP contribution in [0.15, 0.2) is 24.3 Å². The van der Waals surface area contributed by atoms with Crippen molar-refractivity contribution in [3.63, 3.8) is 0 Å². The average Bonchev–Trinajstić information content (AvgIpc) is 2.42. The summed E-state index contributed by atoms with van der Waals surface area (Å²) >= 11 is 0. The molecule has 1 saturated carbocycles. The fourth-order valence-electron chi connectivity index (χ4n) is 2.38. The lowest BCUT2D eigenvalue weighted by Gasteiger charge is -2.22. The van der Waals surface area contributed by atoms with Gasteiger partial charge in [-0.15, -0.1) is 0 Å². The van der Waals surface area contributed by atoms with Gasteiger partial charge in [-0.3, -0.25) is 0 Å². The Hall–Kier alpha value is -0.795. The summed E-state index contributed by atoms with van der Waals surface area (Å²) in [7, 11) is -1.34. The van der Waals surface area contributed by atoms with E-state index in [1.54, 1.807) is 0 Å². The van der Waals surface area contributed by atoms with Crippen molar-refractivity contribution in [3.05, 3.63) is 29.8 Å². The summed E-state index contributed by atoms with van der Waals surface area (Å²) in [6.45, 7) is 4.00. The topological polar surface area (TPSA) is 40.5 Å². The van der Waals surface area contributed by atoms with Crippen molar-refractivity contribution >= 4 is 12.6 Å². The minimum atomic E-state index is -1.34. The highest BCUT2D eigenvalue weighted by atomic mass is 16.4. The van der Waals surface area contributed by atoms with Crippen LogP contribution >= 0.6 is 0 Å². The third-order valence-electron chi connectivity index (χ3n) is 3.31. The van der Waals surface area contributed by atoms with Crippen molar-refractivity contribution in [1.29, 1.82) is 0 Å². The first-order valence-corrected chi connectivity index (χ1v) is 6.73. The van der Waals surface area contributed by atoms with Crippen LogP contribution < -0.4 is 5.46 Å². The molecule has 1 aromatic carbocycles. The normalized spacial score (nSPS) is 16.0. The Bertz CT molecular complexity index is 303. The van der Waals surface area contributed by atoms with E-state index in [0.29, 0.717) is 11.4 Å². The molecule has 0 aromatic heterocycles. The van der Waals surface area contributed by atoms with Gasteiger partial charge >= 0.3 is 7.12 Å². The molecular weight excluding hydrogens is 211 g/mol. The molecular formula is C14H23BO2. The third kappa shape index (κ3) is 4.17. The molecule has 1 aliphatic rings. The second kappa shape index (κ2) is 7.52. The van der Waals surface area contributed by atoms with Gasteiger partial charge in [-0.25, -0.2) is 0 Å². The van der Waals surface area contributed by atoms with Gasteiger partial charge in [-0.2, -0.15) is 0 Å². The van der Waals surface area contributed by atoms with E-state index >= 15 is 0 Å². The second-order valence-electron chi connectivity index (χ2n) is 4.38. The average molecular weight is 234 g/mol. The van der Waals surface area contributed by atoms with E-state index in [0.717, 1.165) is 0 Å². The van der Waals surface area contributed by atoms with Crippen LogP contribution in [-0.4, -0.2) is 17.2 Å². The van der Waals surface area contributed by atoms with Crippen molar-refractivity contribution in [2.24, 2.45) is 0 Å². The van der Waals surface area contributed by atoms with Gasteiger partial charge in [-0.05, 0) is 29.8 Å². The van der Waals surface area contributed by atoms with Crippen molar-refractivity contribution in [2.75, 3.05) is 0 Å². The molecule has 2 nitrogen and oxygen atoms in total. The zero-order valence-electron chi connectivity index (χ0n) is 10.9. The van der Waals surface area contributed by atoms with E-state index in [1.165, 1.54) is 37.7 Å². The van der Waals surface area contributed by atoms with Crippen LogP contribution in [0.2, 0.25) is 0 Å². The molecule has 0 heterocycles. The maximum Gasteiger partial charge on any atom is 0.488 e. The third-order valence-corrected chi connectivity index (χ3v) is 3.31. The standard InChI is InChI=1S/C12H17BO2.C2H6/c14-13(15)12-8-6-11(7-9-12)10-4-2-1-3-5-10;1-2/h6-10,14-15H,1-5H2;1-2H3. The Morgan fingerprint density at radius 2 is 1.47 bits per heavy atom. The van der Waals surface area contributed by atoms with Crippen LogP contribution in [0.1, 0.15) is 57.4 Å². The highest BCUT2D eigenvalue weighted by molar-refractivity contribution is 6.58. The molecule has 0 aliphatic heterocycles. The van der Waals surface area contributed by atoms with Gasteiger partial charge in [0.15, 0.2) is 0 Å². The largest absolute Gasteiger partial charge is 0.488 e. The molecule has 1 aliphatic carbocycles. The minimum Gasteiger partial charge on any atom is -0.423 e. The molecule has 0 amide bonds.